The molecule has 1 aromatic carbocycles. The normalized spacial score (nSPS) is 16.0. The first-order valence-electron chi connectivity index (χ1n) is 8.83. The van der Waals surface area contributed by atoms with Crippen LogP contribution >= 0.6 is 11.3 Å². The predicted octanol–water partition coefficient (Wildman–Crippen LogP) is 3.09. The molecule has 7 heteroatoms. The summed E-state index contributed by atoms with van der Waals surface area (Å²) in [5.74, 6) is -0.314. The van der Waals surface area contributed by atoms with Crippen LogP contribution in [-0.4, -0.2) is 23.3 Å². The number of fused-ring (bicyclic) bond motifs is 1. The third-order valence-corrected chi connectivity index (χ3v) is 5.60. The van der Waals surface area contributed by atoms with E-state index in [-0.39, 0.29) is 30.6 Å². The van der Waals surface area contributed by atoms with E-state index in [1.165, 1.54) is 28.3 Å². The van der Waals surface area contributed by atoms with Gasteiger partial charge in [0.15, 0.2) is 5.13 Å². The molecule has 0 saturated carbocycles. The first-order valence-corrected chi connectivity index (χ1v) is 9.64. The van der Waals surface area contributed by atoms with Crippen LogP contribution in [0.25, 0.3) is 0 Å². The molecule has 2 N–H and O–H groups in total. The Morgan fingerprint density at radius 3 is 2.96 bits per heavy atom. The Morgan fingerprint density at radius 2 is 2.19 bits per heavy atom. The lowest BCUT2D eigenvalue weighted by Crippen LogP contribution is -2.33. The Kier molecular flexibility index (Phi) is 5.98. The van der Waals surface area contributed by atoms with Crippen molar-refractivity contribution >= 4 is 28.3 Å². The number of rotatable bonds is 6. The molecule has 0 aliphatic heterocycles. The van der Waals surface area contributed by atoms with Gasteiger partial charge in [-0.2, -0.15) is 0 Å². The number of hydrogen-bond donors (Lipinski definition) is 2. The summed E-state index contributed by atoms with van der Waals surface area (Å²) >= 11 is 1.52. The van der Waals surface area contributed by atoms with E-state index in [1.54, 1.807) is 12.1 Å². The van der Waals surface area contributed by atoms with Crippen molar-refractivity contribution in [2.24, 2.45) is 5.92 Å². The number of nitrogens with zero attached hydrogens (tertiary/aromatic N) is 1. The lowest BCUT2D eigenvalue weighted by Gasteiger charge is -2.18. The molecule has 0 bridgehead atoms. The molecule has 0 spiro atoms. The number of aromatic nitrogens is 1. The van der Waals surface area contributed by atoms with Crippen LogP contribution in [0.5, 0.6) is 0 Å². The molecule has 5 nitrogen and oxygen atoms in total. The highest BCUT2D eigenvalue weighted by atomic mass is 32.1. The number of benzene rings is 1. The average molecular weight is 375 g/mol. The van der Waals surface area contributed by atoms with Crippen LogP contribution in [0.3, 0.4) is 0 Å². The molecule has 2 amide bonds. The van der Waals surface area contributed by atoms with Crippen molar-refractivity contribution in [1.29, 1.82) is 0 Å². The molecule has 1 aliphatic rings. The second kappa shape index (κ2) is 8.40. The van der Waals surface area contributed by atoms with Crippen molar-refractivity contribution in [3.05, 3.63) is 46.2 Å². The minimum Gasteiger partial charge on any atom is -0.347 e. The summed E-state index contributed by atoms with van der Waals surface area (Å²) in [7, 11) is 0. The summed E-state index contributed by atoms with van der Waals surface area (Å²) < 4.78 is 13.1. The lowest BCUT2D eigenvalue weighted by atomic mass is 9.89. The Balaban J connectivity index is 1.47. The summed E-state index contributed by atoms with van der Waals surface area (Å²) in [5, 5.41) is 5.90. The van der Waals surface area contributed by atoms with Gasteiger partial charge in [-0.1, -0.05) is 25.5 Å². The molecule has 26 heavy (non-hydrogen) atoms. The molecule has 2 aromatic rings. The number of aryl methyl sites for hydroxylation is 1. The minimum atomic E-state index is -0.383. The Labute approximate surface area is 156 Å². The third kappa shape index (κ3) is 4.88. The van der Waals surface area contributed by atoms with E-state index in [0.717, 1.165) is 31.4 Å². The van der Waals surface area contributed by atoms with E-state index in [4.69, 9.17) is 0 Å². The zero-order chi connectivity index (χ0) is 18.5. The van der Waals surface area contributed by atoms with Gasteiger partial charge in [0.2, 0.25) is 11.8 Å². The van der Waals surface area contributed by atoms with Gasteiger partial charge in [-0.05, 0) is 42.9 Å². The maximum atomic E-state index is 13.1. The molecule has 0 radical (unpaired) electrons. The lowest BCUT2D eigenvalue weighted by molar-refractivity contribution is -0.123. The van der Waals surface area contributed by atoms with E-state index in [1.807, 2.05) is 0 Å². The number of hydrogen-bond acceptors (Lipinski definition) is 4. The van der Waals surface area contributed by atoms with E-state index in [2.05, 4.69) is 22.5 Å². The highest BCUT2D eigenvalue weighted by Crippen LogP contribution is 2.33. The molecule has 1 unspecified atom stereocenters. The Morgan fingerprint density at radius 1 is 1.35 bits per heavy atom. The van der Waals surface area contributed by atoms with Crippen molar-refractivity contribution in [2.75, 3.05) is 11.9 Å². The van der Waals surface area contributed by atoms with Gasteiger partial charge < -0.3 is 10.6 Å². The van der Waals surface area contributed by atoms with Gasteiger partial charge in [-0.25, -0.2) is 9.37 Å². The van der Waals surface area contributed by atoms with Gasteiger partial charge in [0.25, 0.3) is 0 Å². The van der Waals surface area contributed by atoms with Crippen LogP contribution in [0.4, 0.5) is 9.52 Å². The van der Waals surface area contributed by atoms with Gasteiger partial charge >= 0.3 is 0 Å². The summed E-state index contributed by atoms with van der Waals surface area (Å²) in [6, 6.07) is 5.86. The maximum absolute atomic E-state index is 13.1. The van der Waals surface area contributed by atoms with Crippen molar-refractivity contribution in [2.45, 2.75) is 39.0 Å². The zero-order valence-electron chi connectivity index (χ0n) is 14.7. The number of nitrogens with one attached hydrogen (secondary N) is 2. The molecule has 1 aromatic heterocycles. The van der Waals surface area contributed by atoms with Crippen molar-refractivity contribution in [3.63, 3.8) is 0 Å². The van der Waals surface area contributed by atoms with Crippen molar-refractivity contribution in [3.8, 4) is 0 Å². The van der Waals surface area contributed by atoms with E-state index >= 15 is 0 Å². The largest absolute Gasteiger partial charge is 0.347 e. The summed E-state index contributed by atoms with van der Waals surface area (Å²) in [5.41, 5.74) is 1.66. The van der Waals surface area contributed by atoms with Crippen LogP contribution in [0, 0.1) is 11.7 Å². The Hall–Kier alpha value is -2.28. The highest BCUT2D eigenvalue weighted by molar-refractivity contribution is 7.15. The van der Waals surface area contributed by atoms with Gasteiger partial charge in [0, 0.05) is 4.88 Å². The number of amides is 2. The first-order chi connectivity index (χ1) is 12.5. The van der Waals surface area contributed by atoms with Gasteiger partial charge in [0.1, 0.15) is 5.82 Å². The standard InChI is InChI=1S/C19H22FN3O2S/c1-2-12-6-7-15-16(9-12)26-19(22-15)23-18(25)11-21-17(24)10-13-4-3-5-14(20)8-13/h3-5,8,12H,2,6-7,9-11H2,1H3,(H,21,24)(H,22,23,25). The molecule has 1 heterocycles. The molecule has 3 rings (SSSR count). The monoisotopic (exact) mass is 375 g/mol. The Bertz CT molecular complexity index is 806. The predicted molar refractivity (Wildman–Crippen MR) is 99.7 cm³/mol. The second-order valence-electron chi connectivity index (χ2n) is 6.54. The van der Waals surface area contributed by atoms with Crippen LogP contribution in [0.15, 0.2) is 24.3 Å². The highest BCUT2D eigenvalue weighted by Gasteiger charge is 2.22. The fourth-order valence-corrected chi connectivity index (χ4v) is 4.22. The molecule has 138 valence electrons. The molecule has 1 atom stereocenters. The van der Waals surface area contributed by atoms with Gasteiger partial charge in [-0.3, -0.25) is 9.59 Å². The third-order valence-electron chi connectivity index (χ3n) is 4.57. The number of halogens is 1. The van der Waals surface area contributed by atoms with Crippen LogP contribution < -0.4 is 10.6 Å². The molecule has 0 fully saturated rings. The SMILES string of the molecule is CCC1CCc2nc(NC(=O)CNC(=O)Cc3cccc(F)c3)sc2C1. The number of carbonyl (C=O) groups is 2. The van der Waals surface area contributed by atoms with Crippen LogP contribution in [0.2, 0.25) is 0 Å². The van der Waals surface area contributed by atoms with Gasteiger partial charge in [-0.15, -0.1) is 11.3 Å². The molecule has 0 saturated heterocycles. The minimum absolute atomic E-state index is 0.0367. The van der Waals surface area contributed by atoms with E-state index in [9.17, 15) is 14.0 Å². The molecular formula is C19H22FN3O2S. The first kappa shape index (κ1) is 18.5. The quantitative estimate of drug-likeness (QED) is 0.815. The smallest absolute Gasteiger partial charge is 0.245 e. The molecule has 1 aliphatic carbocycles. The van der Waals surface area contributed by atoms with Crippen LogP contribution in [-0.2, 0) is 28.9 Å². The topological polar surface area (TPSA) is 71.1 Å². The van der Waals surface area contributed by atoms with E-state index in [0.29, 0.717) is 16.6 Å². The fourth-order valence-electron chi connectivity index (χ4n) is 3.08. The van der Waals surface area contributed by atoms with Crippen molar-refractivity contribution < 1.29 is 14.0 Å². The fraction of sp³-hybridized carbons (Fsp3) is 0.421. The summed E-state index contributed by atoms with van der Waals surface area (Å²) in [6.45, 7) is 2.07. The summed E-state index contributed by atoms with van der Waals surface area (Å²) in [6.07, 6.45) is 4.34. The maximum Gasteiger partial charge on any atom is 0.245 e. The number of anilines is 1. The second-order valence-corrected chi connectivity index (χ2v) is 7.62. The summed E-state index contributed by atoms with van der Waals surface area (Å²) in [4.78, 5) is 29.7. The van der Waals surface area contributed by atoms with E-state index < -0.39 is 0 Å². The average Bonchev–Trinajstić information content (AvgIpc) is 3.01. The molecular weight excluding hydrogens is 353 g/mol. The zero-order valence-corrected chi connectivity index (χ0v) is 15.5. The van der Waals surface area contributed by atoms with Crippen LogP contribution in [0.1, 0.15) is 35.9 Å². The number of carbonyl (C=O) groups excluding carboxylic acids is 2. The van der Waals surface area contributed by atoms with Gasteiger partial charge in [0.05, 0.1) is 18.7 Å². The number of thiazole rings is 1. The van der Waals surface area contributed by atoms with Crippen molar-refractivity contribution in [1.82, 2.24) is 10.3 Å².